The maximum Gasteiger partial charge on any atom is 0.135 e. The van der Waals surface area contributed by atoms with Crippen LogP contribution in [0.3, 0.4) is 0 Å². The summed E-state index contributed by atoms with van der Waals surface area (Å²) >= 11 is 0. The molecule has 1 aromatic heterocycles. The van der Waals surface area contributed by atoms with Crippen molar-refractivity contribution in [3.05, 3.63) is 53.7 Å². The van der Waals surface area contributed by atoms with Gasteiger partial charge in [0.15, 0.2) is 0 Å². The molecule has 3 nitrogen and oxygen atoms in total. The molecule has 0 saturated carbocycles. The molecule has 1 aromatic carbocycles. The number of halogens is 1. The number of hydrogen-bond acceptors (Lipinski definition) is 3. The number of nitrogens with one attached hydrogen (secondary N) is 1. The van der Waals surface area contributed by atoms with Crippen LogP contribution in [0.4, 0.5) is 10.2 Å². The Kier molecular flexibility index (Phi) is 3.79. The van der Waals surface area contributed by atoms with Crippen LogP contribution in [0.1, 0.15) is 32.2 Å². The van der Waals surface area contributed by atoms with Gasteiger partial charge < -0.3 is 5.32 Å². The zero-order valence-electron chi connectivity index (χ0n) is 11.4. The maximum atomic E-state index is 12.8. The van der Waals surface area contributed by atoms with Gasteiger partial charge in [-0.05, 0) is 23.8 Å². The molecule has 1 heterocycles. The molecule has 0 aliphatic carbocycles. The molecule has 0 fully saturated rings. The van der Waals surface area contributed by atoms with E-state index < -0.39 is 0 Å². The average Bonchev–Trinajstić information content (AvgIpc) is 2.37. The molecule has 0 spiro atoms. The molecule has 0 atom stereocenters. The summed E-state index contributed by atoms with van der Waals surface area (Å²) in [7, 11) is 0. The molecule has 0 saturated heterocycles. The van der Waals surface area contributed by atoms with Crippen molar-refractivity contribution in [3.63, 3.8) is 0 Å². The monoisotopic (exact) mass is 259 g/mol. The van der Waals surface area contributed by atoms with Crippen LogP contribution in [0.2, 0.25) is 0 Å². The van der Waals surface area contributed by atoms with Gasteiger partial charge in [-0.2, -0.15) is 0 Å². The summed E-state index contributed by atoms with van der Waals surface area (Å²) in [6, 6.07) is 8.26. The van der Waals surface area contributed by atoms with Crippen LogP contribution < -0.4 is 5.32 Å². The highest BCUT2D eigenvalue weighted by molar-refractivity contribution is 5.35. The first-order valence-electron chi connectivity index (χ1n) is 6.27. The first kappa shape index (κ1) is 13.5. The highest BCUT2D eigenvalue weighted by Gasteiger charge is 2.17. The van der Waals surface area contributed by atoms with Gasteiger partial charge in [-0.25, -0.2) is 14.4 Å². The second-order valence-corrected chi connectivity index (χ2v) is 5.50. The summed E-state index contributed by atoms with van der Waals surface area (Å²) in [5, 5.41) is 3.22. The Morgan fingerprint density at radius 1 is 1.11 bits per heavy atom. The standard InChI is InChI=1S/C15H18FN3/c1-15(2,3)14-17-9-8-13(19-14)18-10-11-4-6-12(16)7-5-11/h4-9H,10H2,1-3H3,(H,17,18,19). The third kappa shape index (κ3) is 3.74. The Labute approximate surface area is 112 Å². The molecule has 0 aliphatic heterocycles. The molecule has 0 aliphatic rings. The molecule has 2 rings (SSSR count). The van der Waals surface area contributed by atoms with Crippen LogP contribution in [-0.4, -0.2) is 9.97 Å². The smallest absolute Gasteiger partial charge is 0.135 e. The molecule has 100 valence electrons. The second kappa shape index (κ2) is 5.34. The number of anilines is 1. The van der Waals surface area contributed by atoms with Gasteiger partial charge in [0.25, 0.3) is 0 Å². The summed E-state index contributed by atoms with van der Waals surface area (Å²) in [6.07, 6.45) is 1.75. The van der Waals surface area contributed by atoms with Crippen molar-refractivity contribution >= 4 is 5.82 Å². The Morgan fingerprint density at radius 2 is 1.79 bits per heavy atom. The summed E-state index contributed by atoms with van der Waals surface area (Å²) < 4.78 is 12.8. The zero-order valence-corrected chi connectivity index (χ0v) is 11.4. The minimum atomic E-state index is -0.221. The molecule has 0 amide bonds. The van der Waals surface area contributed by atoms with E-state index in [9.17, 15) is 4.39 Å². The molecular formula is C15H18FN3. The number of nitrogens with zero attached hydrogens (tertiary/aromatic N) is 2. The summed E-state index contributed by atoms with van der Waals surface area (Å²) in [5.41, 5.74) is 0.936. The molecule has 0 bridgehead atoms. The Bertz CT molecular complexity index is 544. The van der Waals surface area contributed by atoms with Crippen LogP contribution >= 0.6 is 0 Å². The fourth-order valence-electron chi connectivity index (χ4n) is 1.61. The maximum absolute atomic E-state index is 12.8. The Morgan fingerprint density at radius 3 is 2.42 bits per heavy atom. The molecule has 0 radical (unpaired) electrons. The van der Waals surface area contributed by atoms with E-state index in [0.29, 0.717) is 6.54 Å². The van der Waals surface area contributed by atoms with E-state index in [0.717, 1.165) is 17.2 Å². The van der Waals surface area contributed by atoms with Crippen molar-refractivity contribution in [1.29, 1.82) is 0 Å². The van der Waals surface area contributed by atoms with Crippen LogP contribution in [0.25, 0.3) is 0 Å². The number of rotatable bonds is 3. The second-order valence-electron chi connectivity index (χ2n) is 5.50. The lowest BCUT2D eigenvalue weighted by Gasteiger charge is -2.17. The van der Waals surface area contributed by atoms with Crippen LogP contribution in [0, 0.1) is 5.82 Å². The van der Waals surface area contributed by atoms with E-state index >= 15 is 0 Å². The fourth-order valence-corrected chi connectivity index (χ4v) is 1.61. The van der Waals surface area contributed by atoms with Gasteiger partial charge >= 0.3 is 0 Å². The lowest BCUT2D eigenvalue weighted by Crippen LogP contribution is -2.16. The van der Waals surface area contributed by atoms with E-state index in [2.05, 4.69) is 36.1 Å². The van der Waals surface area contributed by atoms with Crippen molar-refractivity contribution in [3.8, 4) is 0 Å². The molecule has 1 N–H and O–H groups in total. The van der Waals surface area contributed by atoms with Crippen molar-refractivity contribution in [2.45, 2.75) is 32.7 Å². The Balaban J connectivity index is 2.05. The lowest BCUT2D eigenvalue weighted by atomic mass is 9.96. The minimum Gasteiger partial charge on any atom is -0.366 e. The highest BCUT2D eigenvalue weighted by atomic mass is 19.1. The zero-order chi connectivity index (χ0) is 13.9. The lowest BCUT2D eigenvalue weighted by molar-refractivity contribution is 0.546. The summed E-state index contributed by atoms with van der Waals surface area (Å²) in [5.74, 6) is 1.36. The summed E-state index contributed by atoms with van der Waals surface area (Å²) in [4.78, 5) is 8.76. The normalized spacial score (nSPS) is 11.4. The number of benzene rings is 1. The first-order chi connectivity index (χ1) is 8.95. The van der Waals surface area contributed by atoms with Crippen LogP contribution in [0.15, 0.2) is 36.5 Å². The Hall–Kier alpha value is -1.97. The van der Waals surface area contributed by atoms with Gasteiger partial charge in [-0.3, -0.25) is 0 Å². The van der Waals surface area contributed by atoms with Crippen molar-refractivity contribution in [1.82, 2.24) is 9.97 Å². The topological polar surface area (TPSA) is 37.8 Å². The van der Waals surface area contributed by atoms with Gasteiger partial charge in [0.1, 0.15) is 17.5 Å². The third-order valence-electron chi connectivity index (χ3n) is 2.71. The third-order valence-corrected chi connectivity index (χ3v) is 2.71. The van der Waals surface area contributed by atoms with E-state index in [4.69, 9.17) is 0 Å². The largest absolute Gasteiger partial charge is 0.366 e. The predicted molar refractivity (Wildman–Crippen MR) is 74.5 cm³/mol. The first-order valence-corrected chi connectivity index (χ1v) is 6.27. The van der Waals surface area contributed by atoms with Gasteiger partial charge in [0.05, 0.1) is 0 Å². The number of aromatic nitrogens is 2. The number of hydrogen-bond donors (Lipinski definition) is 1. The fraction of sp³-hybridized carbons (Fsp3) is 0.333. The van der Waals surface area contributed by atoms with Crippen molar-refractivity contribution < 1.29 is 4.39 Å². The molecule has 0 unspecified atom stereocenters. The molecule has 4 heteroatoms. The van der Waals surface area contributed by atoms with Gasteiger partial charge in [-0.15, -0.1) is 0 Å². The predicted octanol–water partition coefficient (Wildman–Crippen LogP) is 3.53. The van der Waals surface area contributed by atoms with Crippen molar-refractivity contribution in [2.75, 3.05) is 5.32 Å². The van der Waals surface area contributed by atoms with Crippen LogP contribution in [-0.2, 0) is 12.0 Å². The van der Waals surface area contributed by atoms with E-state index in [1.54, 1.807) is 18.3 Å². The van der Waals surface area contributed by atoms with E-state index in [1.807, 2.05) is 6.07 Å². The van der Waals surface area contributed by atoms with E-state index in [1.165, 1.54) is 12.1 Å². The van der Waals surface area contributed by atoms with Crippen LogP contribution in [0.5, 0.6) is 0 Å². The van der Waals surface area contributed by atoms with Crippen molar-refractivity contribution in [2.24, 2.45) is 0 Å². The highest BCUT2D eigenvalue weighted by Crippen LogP contribution is 2.19. The SMILES string of the molecule is CC(C)(C)c1nccc(NCc2ccc(F)cc2)n1. The summed E-state index contributed by atoms with van der Waals surface area (Å²) in [6.45, 7) is 6.84. The van der Waals surface area contributed by atoms with Gasteiger partial charge in [0, 0.05) is 18.2 Å². The van der Waals surface area contributed by atoms with Gasteiger partial charge in [0.2, 0.25) is 0 Å². The quantitative estimate of drug-likeness (QED) is 0.916. The van der Waals surface area contributed by atoms with E-state index in [-0.39, 0.29) is 11.2 Å². The molecule has 19 heavy (non-hydrogen) atoms. The van der Waals surface area contributed by atoms with Gasteiger partial charge in [-0.1, -0.05) is 32.9 Å². The average molecular weight is 259 g/mol. The molecular weight excluding hydrogens is 241 g/mol. The minimum absolute atomic E-state index is 0.0758. The molecule has 2 aromatic rings.